The Morgan fingerprint density at radius 2 is 1.50 bits per heavy atom. The largest absolute Gasteiger partial charge is 0.493 e. The molecule has 28 heavy (non-hydrogen) atoms. The van der Waals surface area contributed by atoms with Crippen molar-refractivity contribution in [1.29, 1.82) is 0 Å². The number of carboxylic acid groups (broad SMARTS) is 1. The minimum absolute atomic E-state index is 0.0719. The van der Waals surface area contributed by atoms with Crippen LogP contribution in [0.5, 0.6) is 11.5 Å². The van der Waals surface area contributed by atoms with Crippen LogP contribution < -0.4 is 8.92 Å². The van der Waals surface area contributed by atoms with E-state index in [1.54, 1.807) is 24.3 Å². The Labute approximate surface area is 166 Å². The van der Waals surface area contributed by atoms with Gasteiger partial charge in [-0.2, -0.15) is 8.42 Å². The van der Waals surface area contributed by atoms with E-state index in [4.69, 9.17) is 8.92 Å². The Morgan fingerprint density at radius 3 is 2.00 bits per heavy atom. The number of ether oxygens (including phenoxy) is 1. The second-order valence-electron chi connectivity index (χ2n) is 7.07. The van der Waals surface area contributed by atoms with Gasteiger partial charge < -0.3 is 14.0 Å². The molecule has 2 aromatic rings. The van der Waals surface area contributed by atoms with Gasteiger partial charge in [0.05, 0.1) is 18.8 Å². The fraction of sp³-hybridized carbons (Fsp3) is 0.381. The average molecular weight is 407 g/mol. The highest BCUT2D eigenvalue weighted by molar-refractivity contribution is 7.86. The molecule has 2 aromatic carbocycles. The summed E-state index contributed by atoms with van der Waals surface area (Å²) in [5.41, 5.74) is 1.97. The van der Waals surface area contributed by atoms with Gasteiger partial charge in [-0.05, 0) is 47.7 Å². The van der Waals surface area contributed by atoms with E-state index in [1.165, 1.54) is 0 Å². The molecule has 6 nitrogen and oxygen atoms in total. The molecule has 1 N–H and O–H groups in total. The van der Waals surface area contributed by atoms with Crippen LogP contribution in [-0.2, 0) is 27.8 Å². The van der Waals surface area contributed by atoms with E-state index in [0.717, 1.165) is 23.1 Å². The summed E-state index contributed by atoms with van der Waals surface area (Å²) < 4.78 is 32.7. The zero-order valence-electron chi connectivity index (χ0n) is 16.3. The first-order valence-electron chi connectivity index (χ1n) is 9.07. The van der Waals surface area contributed by atoms with Gasteiger partial charge in [0, 0.05) is 6.42 Å². The van der Waals surface area contributed by atoms with Crippen molar-refractivity contribution >= 4 is 16.1 Å². The number of aliphatic carboxylic acids is 1. The molecule has 0 saturated carbocycles. The molecule has 0 fully saturated rings. The predicted molar refractivity (Wildman–Crippen MR) is 107 cm³/mol. The molecule has 2 rings (SSSR count). The summed E-state index contributed by atoms with van der Waals surface area (Å²) in [4.78, 5) is 11.3. The summed E-state index contributed by atoms with van der Waals surface area (Å²) in [5.74, 6) is -0.103. The molecule has 152 valence electrons. The smallest absolute Gasteiger partial charge is 0.307 e. The zero-order chi connectivity index (χ0) is 20.7. The minimum atomic E-state index is -3.52. The second-order valence-corrected chi connectivity index (χ2v) is 8.64. The molecule has 0 radical (unpaired) electrons. The van der Waals surface area contributed by atoms with E-state index in [1.807, 2.05) is 38.1 Å². The van der Waals surface area contributed by atoms with E-state index in [9.17, 15) is 18.3 Å². The summed E-state index contributed by atoms with van der Waals surface area (Å²) in [5, 5.41) is 9.29. The van der Waals surface area contributed by atoms with E-state index in [2.05, 4.69) is 0 Å². The van der Waals surface area contributed by atoms with Crippen LogP contribution in [0.15, 0.2) is 48.5 Å². The summed E-state index contributed by atoms with van der Waals surface area (Å²) in [6.07, 6.45) is 2.16. The number of carboxylic acids is 1. The fourth-order valence-electron chi connectivity index (χ4n) is 2.76. The monoisotopic (exact) mass is 406 g/mol. The average Bonchev–Trinajstić information content (AvgIpc) is 2.60. The molecule has 0 aliphatic heterocycles. The van der Waals surface area contributed by atoms with Gasteiger partial charge in [-0.25, -0.2) is 0 Å². The maximum Gasteiger partial charge on any atom is 0.307 e. The van der Waals surface area contributed by atoms with Crippen LogP contribution >= 0.6 is 0 Å². The third kappa shape index (κ3) is 7.23. The molecule has 1 atom stereocenters. The van der Waals surface area contributed by atoms with E-state index < -0.39 is 22.0 Å². The van der Waals surface area contributed by atoms with Crippen LogP contribution in [0.25, 0.3) is 0 Å². The zero-order valence-corrected chi connectivity index (χ0v) is 17.1. The molecule has 1 unspecified atom stereocenters. The maximum absolute atomic E-state index is 11.3. The van der Waals surface area contributed by atoms with Gasteiger partial charge in [-0.1, -0.05) is 38.1 Å². The van der Waals surface area contributed by atoms with Gasteiger partial charge in [-0.15, -0.1) is 0 Å². The number of rotatable bonds is 10. The molecular weight excluding hydrogens is 380 g/mol. The van der Waals surface area contributed by atoms with Crippen molar-refractivity contribution in [3.8, 4) is 11.5 Å². The van der Waals surface area contributed by atoms with Crippen molar-refractivity contribution in [2.75, 3.05) is 12.9 Å². The summed E-state index contributed by atoms with van der Waals surface area (Å²) in [6, 6.07) is 14.3. The van der Waals surface area contributed by atoms with Gasteiger partial charge in [0.25, 0.3) is 0 Å². The van der Waals surface area contributed by atoms with Gasteiger partial charge in [-0.3, -0.25) is 4.79 Å². The molecule has 0 aliphatic carbocycles. The fourth-order valence-corrected chi connectivity index (χ4v) is 3.22. The van der Waals surface area contributed by atoms with Crippen LogP contribution in [0.1, 0.15) is 25.0 Å². The third-order valence-electron chi connectivity index (χ3n) is 4.33. The molecule has 0 heterocycles. The topological polar surface area (TPSA) is 89.9 Å². The van der Waals surface area contributed by atoms with Gasteiger partial charge in [0.15, 0.2) is 0 Å². The van der Waals surface area contributed by atoms with E-state index >= 15 is 0 Å². The Morgan fingerprint density at radius 1 is 0.964 bits per heavy atom. The predicted octanol–water partition coefficient (Wildman–Crippen LogP) is 3.55. The van der Waals surface area contributed by atoms with Crippen molar-refractivity contribution < 1.29 is 27.2 Å². The lowest BCUT2D eigenvalue weighted by atomic mass is 9.89. The Balaban J connectivity index is 1.84. The van der Waals surface area contributed by atoms with Crippen LogP contribution in [0.3, 0.4) is 0 Å². The third-order valence-corrected chi connectivity index (χ3v) is 4.83. The summed E-state index contributed by atoms with van der Waals surface area (Å²) in [7, 11) is -3.52. The molecule has 0 aliphatic rings. The highest BCUT2D eigenvalue weighted by Crippen LogP contribution is 2.20. The summed E-state index contributed by atoms with van der Waals surface area (Å²) in [6.45, 7) is 4.29. The minimum Gasteiger partial charge on any atom is -0.493 e. The Hall–Kier alpha value is -2.54. The van der Waals surface area contributed by atoms with Gasteiger partial charge in [0.1, 0.15) is 11.5 Å². The first kappa shape index (κ1) is 21.8. The highest BCUT2D eigenvalue weighted by Gasteiger charge is 2.21. The molecule has 0 bridgehead atoms. The highest BCUT2D eigenvalue weighted by atomic mass is 32.2. The van der Waals surface area contributed by atoms with Crippen molar-refractivity contribution in [2.24, 2.45) is 11.8 Å². The number of hydrogen-bond donors (Lipinski definition) is 1. The van der Waals surface area contributed by atoms with Crippen LogP contribution in [0, 0.1) is 11.8 Å². The van der Waals surface area contributed by atoms with E-state index in [-0.39, 0.29) is 11.7 Å². The molecular formula is C21H26O6S. The van der Waals surface area contributed by atoms with Gasteiger partial charge in [0.2, 0.25) is 0 Å². The van der Waals surface area contributed by atoms with Crippen molar-refractivity contribution in [2.45, 2.75) is 26.7 Å². The normalized spacial score (nSPS) is 12.6. The number of carbonyl (C=O) groups is 1. The first-order chi connectivity index (χ1) is 13.1. The van der Waals surface area contributed by atoms with Crippen molar-refractivity contribution in [3.05, 3.63) is 59.7 Å². The standard InChI is InChI=1S/C21H26O6S/c1-15(2)20(21(22)23)14-17-6-8-18(9-7-17)26-13-12-16-4-10-19(11-5-16)27-28(3,24)25/h4-11,15,20H,12-14H2,1-3H3,(H,22,23). The lowest BCUT2D eigenvalue weighted by Gasteiger charge is -2.16. The van der Waals surface area contributed by atoms with Gasteiger partial charge >= 0.3 is 16.1 Å². The number of hydrogen-bond acceptors (Lipinski definition) is 5. The Kier molecular flexibility index (Phi) is 7.45. The number of benzene rings is 2. The lowest BCUT2D eigenvalue weighted by molar-refractivity contribution is -0.143. The SMILES string of the molecule is CC(C)C(Cc1ccc(OCCc2ccc(OS(C)(=O)=O)cc2)cc1)C(=O)O. The summed E-state index contributed by atoms with van der Waals surface area (Å²) >= 11 is 0. The lowest BCUT2D eigenvalue weighted by Crippen LogP contribution is -2.22. The molecule has 0 amide bonds. The quantitative estimate of drug-likeness (QED) is 0.607. The molecule has 7 heteroatoms. The van der Waals surface area contributed by atoms with Crippen molar-refractivity contribution in [3.63, 3.8) is 0 Å². The van der Waals surface area contributed by atoms with E-state index in [0.29, 0.717) is 19.4 Å². The molecule has 0 spiro atoms. The van der Waals surface area contributed by atoms with Crippen LogP contribution in [0.2, 0.25) is 0 Å². The Bertz CT molecular complexity index is 870. The van der Waals surface area contributed by atoms with Crippen LogP contribution in [0.4, 0.5) is 0 Å². The second kappa shape index (κ2) is 9.59. The van der Waals surface area contributed by atoms with Crippen LogP contribution in [-0.4, -0.2) is 32.4 Å². The van der Waals surface area contributed by atoms with Crippen molar-refractivity contribution in [1.82, 2.24) is 0 Å². The maximum atomic E-state index is 11.3. The molecule has 0 aromatic heterocycles. The molecule has 0 saturated heterocycles. The first-order valence-corrected chi connectivity index (χ1v) is 10.9.